The fourth-order valence-corrected chi connectivity index (χ4v) is 3.80. The number of thiazole rings is 1. The molecule has 156 valence electrons. The van der Waals surface area contributed by atoms with Crippen molar-refractivity contribution in [3.63, 3.8) is 0 Å². The number of carbonyl (C=O) groups is 2. The van der Waals surface area contributed by atoms with Gasteiger partial charge < -0.3 is 10.1 Å². The van der Waals surface area contributed by atoms with Gasteiger partial charge in [0.25, 0.3) is 0 Å². The second-order valence-corrected chi connectivity index (χ2v) is 8.69. The zero-order chi connectivity index (χ0) is 21.2. The molecule has 2 heterocycles. The summed E-state index contributed by atoms with van der Waals surface area (Å²) in [4.78, 5) is 30.9. The quantitative estimate of drug-likeness (QED) is 0.769. The SMILES string of the molecule is CC(C)(C)OC(=O)N1CCCC[C@H]1C(=O)Nc1nc(-c2ccc(F)cc2F)cs1. The third-order valence-electron chi connectivity index (χ3n) is 4.37. The van der Waals surface area contributed by atoms with Crippen molar-refractivity contribution in [1.82, 2.24) is 9.88 Å². The van der Waals surface area contributed by atoms with Gasteiger partial charge in [0.2, 0.25) is 5.91 Å². The van der Waals surface area contributed by atoms with Crippen LogP contribution in [0.4, 0.5) is 18.7 Å². The molecule has 0 bridgehead atoms. The number of halogens is 2. The van der Waals surface area contributed by atoms with Gasteiger partial charge in [-0.05, 0) is 52.2 Å². The van der Waals surface area contributed by atoms with E-state index in [-0.39, 0.29) is 16.6 Å². The van der Waals surface area contributed by atoms with Crippen molar-refractivity contribution in [2.45, 2.75) is 51.7 Å². The van der Waals surface area contributed by atoms with Gasteiger partial charge in [-0.1, -0.05) is 0 Å². The maximum Gasteiger partial charge on any atom is 0.410 e. The molecule has 0 aliphatic carbocycles. The highest BCUT2D eigenvalue weighted by Gasteiger charge is 2.35. The molecule has 1 aromatic heterocycles. The van der Waals surface area contributed by atoms with Crippen molar-refractivity contribution in [2.75, 3.05) is 11.9 Å². The van der Waals surface area contributed by atoms with Crippen LogP contribution in [-0.2, 0) is 9.53 Å². The number of hydrogen-bond donors (Lipinski definition) is 1. The monoisotopic (exact) mass is 423 g/mol. The Morgan fingerprint density at radius 3 is 2.72 bits per heavy atom. The van der Waals surface area contributed by atoms with Gasteiger partial charge in [0.15, 0.2) is 5.13 Å². The first-order valence-electron chi connectivity index (χ1n) is 9.35. The van der Waals surface area contributed by atoms with E-state index < -0.39 is 29.4 Å². The second-order valence-electron chi connectivity index (χ2n) is 7.84. The van der Waals surface area contributed by atoms with Crippen LogP contribution in [0.5, 0.6) is 0 Å². The first-order chi connectivity index (χ1) is 13.6. The molecule has 2 aromatic rings. The number of carbonyl (C=O) groups excluding carboxylic acids is 2. The normalized spacial score (nSPS) is 17.1. The fourth-order valence-electron chi connectivity index (χ4n) is 3.08. The van der Waals surface area contributed by atoms with E-state index >= 15 is 0 Å². The van der Waals surface area contributed by atoms with Crippen molar-refractivity contribution >= 4 is 28.5 Å². The summed E-state index contributed by atoms with van der Waals surface area (Å²) in [6, 6.07) is 2.58. The van der Waals surface area contributed by atoms with Crippen molar-refractivity contribution in [3.05, 3.63) is 35.2 Å². The van der Waals surface area contributed by atoms with E-state index in [4.69, 9.17) is 4.74 Å². The molecular formula is C20H23F2N3O3S. The third kappa shape index (κ3) is 5.29. The highest BCUT2D eigenvalue weighted by molar-refractivity contribution is 7.14. The number of rotatable bonds is 3. The van der Waals surface area contributed by atoms with Gasteiger partial charge in [-0.25, -0.2) is 18.6 Å². The lowest BCUT2D eigenvalue weighted by molar-refractivity contribution is -0.122. The van der Waals surface area contributed by atoms with Gasteiger partial charge in [0.1, 0.15) is 23.3 Å². The number of aromatic nitrogens is 1. The van der Waals surface area contributed by atoms with E-state index in [1.165, 1.54) is 11.0 Å². The number of benzene rings is 1. The Labute approximate surface area is 171 Å². The summed E-state index contributed by atoms with van der Waals surface area (Å²) >= 11 is 1.13. The van der Waals surface area contributed by atoms with E-state index in [1.54, 1.807) is 26.2 Å². The van der Waals surface area contributed by atoms with Crippen molar-refractivity contribution in [2.24, 2.45) is 0 Å². The molecule has 1 aliphatic rings. The van der Waals surface area contributed by atoms with Gasteiger partial charge >= 0.3 is 6.09 Å². The number of likely N-dealkylation sites (tertiary alicyclic amines) is 1. The maximum absolute atomic E-state index is 14.0. The molecule has 1 saturated heterocycles. The number of nitrogens with zero attached hydrogens (tertiary/aromatic N) is 2. The minimum atomic E-state index is -0.725. The first-order valence-corrected chi connectivity index (χ1v) is 10.2. The summed E-state index contributed by atoms with van der Waals surface area (Å²) in [6.07, 6.45) is 1.62. The van der Waals surface area contributed by atoms with Crippen LogP contribution >= 0.6 is 11.3 Å². The molecule has 6 nitrogen and oxygen atoms in total. The molecule has 0 unspecified atom stereocenters. The summed E-state index contributed by atoms with van der Waals surface area (Å²) in [6.45, 7) is 5.76. The van der Waals surface area contributed by atoms with Gasteiger partial charge in [-0.15, -0.1) is 11.3 Å². The van der Waals surface area contributed by atoms with Crippen molar-refractivity contribution in [1.29, 1.82) is 0 Å². The number of ether oxygens (including phenoxy) is 1. The third-order valence-corrected chi connectivity index (χ3v) is 5.13. The number of anilines is 1. The van der Waals surface area contributed by atoms with Crippen LogP contribution in [0, 0.1) is 11.6 Å². The topological polar surface area (TPSA) is 71.5 Å². The molecule has 1 aliphatic heterocycles. The molecule has 1 atom stereocenters. The average Bonchev–Trinajstić information content (AvgIpc) is 3.08. The average molecular weight is 423 g/mol. The van der Waals surface area contributed by atoms with Crippen molar-refractivity contribution < 1.29 is 23.1 Å². The molecule has 9 heteroatoms. The van der Waals surface area contributed by atoms with E-state index in [2.05, 4.69) is 10.3 Å². The number of amides is 2. The van der Waals surface area contributed by atoms with E-state index in [9.17, 15) is 18.4 Å². The van der Waals surface area contributed by atoms with E-state index in [0.29, 0.717) is 18.7 Å². The molecule has 3 rings (SSSR count). The zero-order valence-electron chi connectivity index (χ0n) is 16.5. The van der Waals surface area contributed by atoms with Gasteiger partial charge in [-0.3, -0.25) is 9.69 Å². The molecule has 29 heavy (non-hydrogen) atoms. The predicted octanol–water partition coefficient (Wildman–Crippen LogP) is 4.82. The van der Waals surface area contributed by atoms with Crippen LogP contribution in [-0.4, -0.2) is 40.1 Å². The summed E-state index contributed by atoms with van der Waals surface area (Å²) in [5, 5.41) is 4.57. The van der Waals surface area contributed by atoms with Gasteiger partial charge in [0, 0.05) is 23.6 Å². The summed E-state index contributed by atoms with van der Waals surface area (Å²) in [5.74, 6) is -1.76. The Kier molecular flexibility index (Phi) is 6.16. The molecule has 2 amide bonds. The van der Waals surface area contributed by atoms with Crippen LogP contribution in [0.3, 0.4) is 0 Å². The molecule has 0 saturated carbocycles. The van der Waals surface area contributed by atoms with E-state index in [1.807, 2.05) is 0 Å². The predicted molar refractivity (Wildman–Crippen MR) is 107 cm³/mol. The van der Waals surface area contributed by atoms with Crippen LogP contribution in [0.2, 0.25) is 0 Å². The summed E-state index contributed by atoms with van der Waals surface area (Å²) < 4.78 is 32.5. The Morgan fingerprint density at radius 2 is 2.03 bits per heavy atom. The molecule has 1 fully saturated rings. The van der Waals surface area contributed by atoms with E-state index in [0.717, 1.165) is 36.3 Å². The highest BCUT2D eigenvalue weighted by atomic mass is 32.1. The minimum Gasteiger partial charge on any atom is -0.444 e. The second kappa shape index (κ2) is 8.44. The lowest BCUT2D eigenvalue weighted by Crippen LogP contribution is -2.51. The smallest absolute Gasteiger partial charge is 0.410 e. The Hall–Kier alpha value is -2.55. The molecule has 1 N–H and O–H groups in total. The lowest BCUT2D eigenvalue weighted by Gasteiger charge is -2.35. The number of piperidine rings is 1. The number of hydrogen-bond acceptors (Lipinski definition) is 5. The zero-order valence-corrected chi connectivity index (χ0v) is 17.3. The van der Waals surface area contributed by atoms with Crippen LogP contribution < -0.4 is 5.32 Å². The summed E-state index contributed by atoms with van der Waals surface area (Å²) in [7, 11) is 0. The van der Waals surface area contributed by atoms with Gasteiger partial charge in [0.05, 0.1) is 5.69 Å². The van der Waals surface area contributed by atoms with Crippen LogP contribution in [0.1, 0.15) is 40.0 Å². The number of nitrogens with one attached hydrogen (secondary N) is 1. The lowest BCUT2D eigenvalue weighted by atomic mass is 10.0. The Morgan fingerprint density at radius 1 is 1.28 bits per heavy atom. The minimum absolute atomic E-state index is 0.149. The maximum atomic E-state index is 14.0. The van der Waals surface area contributed by atoms with Crippen LogP contribution in [0.25, 0.3) is 11.3 Å². The highest BCUT2D eigenvalue weighted by Crippen LogP contribution is 2.28. The molecular weight excluding hydrogens is 400 g/mol. The first kappa shape index (κ1) is 21.2. The van der Waals surface area contributed by atoms with Crippen molar-refractivity contribution in [3.8, 4) is 11.3 Å². The molecule has 0 spiro atoms. The Bertz CT molecular complexity index is 911. The standard InChI is InChI=1S/C20H23F2N3O3S/c1-20(2,3)28-19(27)25-9-5-4-6-16(25)17(26)24-18-23-15(11-29-18)13-8-7-12(21)10-14(13)22/h7-8,10-11,16H,4-6,9H2,1-3H3,(H,23,24,26)/t16-/m0/s1. The van der Waals surface area contributed by atoms with Crippen LogP contribution in [0.15, 0.2) is 23.6 Å². The molecule has 0 radical (unpaired) electrons. The molecule has 1 aromatic carbocycles. The largest absolute Gasteiger partial charge is 0.444 e. The summed E-state index contributed by atoms with van der Waals surface area (Å²) in [5.41, 5.74) is -0.203. The van der Waals surface area contributed by atoms with Gasteiger partial charge in [-0.2, -0.15) is 0 Å². The Balaban J connectivity index is 1.72. The fraction of sp³-hybridized carbons (Fsp3) is 0.450.